The zero-order chi connectivity index (χ0) is 23.7. The molecule has 0 aliphatic carbocycles. The van der Waals surface area contributed by atoms with Crippen molar-refractivity contribution >= 4 is 57.9 Å². The van der Waals surface area contributed by atoms with Crippen LogP contribution >= 0.6 is 23.4 Å². The van der Waals surface area contributed by atoms with E-state index in [0.717, 1.165) is 4.90 Å². The van der Waals surface area contributed by atoms with Crippen molar-refractivity contribution in [3.05, 3.63) is 65.1 Å². The predicted octanol–water partition coefficient (Wildman–Crippen LogP) is 3.88. The number of carbonyl (C=O) groups is 3. The minimum atomic E-state index is -1.48. The highest BCUT2D eigenvalue weighted by atomic mass is 35.5. The van der Waals surface area contributed by atoms with Crippen LogP contribution in [0.5, 0.6) is 0 Å². The van der Waals surface area contributed by atoms with Crippen LogP contribution in [0.15, 0.2) is 48.7 Å². The van der Waals surface area contributed by atoms with E-state index in [1.54, 1.807) is 24.3 Å². The van der Waals surface area contributed by atoms with Crippen LogP contribution in [-0.2, 0) is 11.3 Å². The van der Waals surface area contributed by atoms with Crippen molar-refractivity contribution in [3.8, 4) is 0 Å². The number of para-hydroxylation sites is 1. The summed E-state index contributed by atoms with van der Waals surface area (Å²) in [7, 11) is 0. The Hall–Kier alpha value is -3.31. The standard InChI is InChI=1S/C21H18ClF2N5O3S/c22-13-6-3-4-11(17(13)24)8-26-18(30)19-29(10-16(23)33-19)21(32)27-14-9-28(20(25)31)15-7-2-1-5-12(14)15/h1-7,9,16,19H,8,10H2,(H2,25,31)(H,26,30)(H,27,32)/t16-,19+/m1/s1. The number of aromatic nitrogens is 1. The summed E-state index contributed by atoms with van der Waals surface area (Å²) in [6, 6.07) is 9.68. The number of alkyl halides is 1. The fraction of sp³-hybridized carbons (Fsp3) is 0.190. The molecule has 0 spiro atoms. The largest absolute Gasteiger partial charge is 0.351 e. The van der Waals surface area contributed by atoms with Crippen LogP contribution in [0.4, 0.5) is 24.1 Å². The highest BCUT2D eigenvalue weighted by molar-refractivity contribution is 8.01. The second-order valence-electron chi connectivity index (χ2n) is 7.18. The highest BCUT2D eigenvalue weighted by Gasteiger charge is 2.41. The highest BCUT2D eigenvalue weighted by Crippen LogP contribution is 2.33. The Bertz CT molecular complexity index is 1250. The van der Waals surface area contributed by atoms with Gasteiger partial charge in [-0.15, -0.1) is 0 Å². The number of anilines is 1. The third-order valence-electron chi connectivity index (χ3n) is 5.06. The number of thioether (sulfide) groups is 1. The van der Waals surface area contributed by atoms with Gasteiger partial charge in [-0.2, -0.15) is 0 Å². The molecule has 2 atom stereocenters. The monoisotopic (exact) mass is 493 g/mol. The Morgan fingerprint density at radius 3 is 2.70 bits per heavy atom. The molecule has 2 aromatic carbocycles. The summed E-state index contributed by atoms with van der Waals surface area (Å²) in [5, 5.41) is 4.42. The van der Waals surface area contributed by atoms with E-state index in [-0.39, 0.29) is 29.4 Å². The molecule has 1 aromatic heterocycles. The first-order chi connectivity index (χ1) is 15.8. The van der Waals surface area contributed by atoms with Gasteiger partial charge in [0.2, 0.25) is 0 Å². The lowest BCUT2D eigenvalue weighted by Gasteiger charge is -2.23. The Morgan fingerprint density at radius 1 is 1.18 bits per heavy atom. The molecule has 4 rings (SSSR count). The number of amides is 4. The number of hydrogen-bond donors (Lipinski definition) is 3. The molecule has 3 aromatic rings. The summed E-state index contributed by atoms with van der Waals surface area (Å²) in [5.41, 5.74) is 4.82. The van der Waals surface area contributed by atoms with E-state index >= 15 is 0 Å². The summed E-state index contributed by atoms with van der Waals surface area (Å²) in [5.74, 6) is -1.32. The number of nitrogens with zero attached hydrogens (tertiary/aromatic N) is 2. The second-order valence-corrected chi connectivity index (χ2v) is 8.82. The van der Waals surface area contributed by atoms with Gasteiger partial charge in [-0.1, -0.05) is 53.7 Å². The third-order valence-corrected chi connectivity index (χ3v) is 6.52. The summed E-state index contributed by atoms with van der Waals surface area (Å²) < 4.78 is 29.4. The minimum absolute atomic E-state index is 0.0862. The molecular formula is C21H18ClF2N5O3S. The van der Waals surface area contributed by atoms with Gasteiger partial charge in [-0.3, -0.25) is 14.3 Å². The lowest BCUT2D eigenvalue weighted by atomic mass is 10.2. The van der Waals surface area contributed by atoms with E-state index in [9.17, 15) is 23.2 Å². The van der Waals surface area contributed by atoms with E-state index in [1.165, 1.54) is 29.0 Å². The lowest BCUT2D eigenvalue weighted by Crippen LogP contribution is -2.46. The first-order valence-electron chi connectivity index (χ1n) is 9.74. The maximum Gasteiger partial charge on any atom is 0.323 e. The summed E-state index contributed by atoms with van der Waals surface area (Å²) in [6.07, 6.45) is 1.36. The van der Waals surface area contributed by atoms with Gasteiger partial charge < -0.3 is 16.4 Å². The van der Waals surface area contributed by atoms with Gasteiger partial charge in [-0.05, 0) is 12.1 Å². The van der Waals surface area contributed by atoms with Crippen molar-refractivity contribution in [2.45, 2.75) is 17.4 Å². The zero-order valence-electron chi connectivity index (χ0n) is 16.9. The van der Waals surface area contributed by atoms with Crippen molar-refractivity contribution in [2.24, 2.45) is 5.73 Å². The molecule has 4 N–H and O–H groups in total. The average Bonchev–Trinajstić information content (AvgIpc) is 3.36. The van der Waals surface area contributed by atoms with E-state index in [1.807, 2.05) is 0 Å². The smallest absolute Gasteiger partial charge is 0.323 e. The summed E-state index contributed by atoms with van der Waals surface area (Å²) in [6.45, 7) is -0.505. The maximum atomic E-state index is 14.1. The Balaban J connectivity index is 1.50. The van der Waals surface area contributed by atoms with E-state index in [0.29, 0.717) is 22.7 Å². The van der Waals surface area contributed by atoms with Crippen molar-refractivity contribution in [1.29, 1.82) is 0 Å². The van der Waals surface area contributed by atoms with E-state index < -0.39 is 34.7 Å². The molecule has 4 amide bonds. The number of urea groups is 1. The number of carbonyl (C=O) groups excluding carboxylic acids is 3. The van der Waals surface area contributed by atoms with E-state index in [4.69, 9.17) is 17.3 Å². The molecule has 1 aliphatic rings. The van der Waals surface area contributed by atoms with Gasteiger partial charge in [0.1, 0.15) is 5.82 Å². The quantitative estimate of drug-likeness (QED) is 0.512. The van der Waals surface area contributed by atoms with Crippen molar-refractivity contribution in [1.82, 2.24) is 14.8 Å². The molecule has 8 nitrogen and oxygen atoms in total. The molecule has 2 heterocycles. The molecule has 1 fully saturated rings. The van der Waals surface area contributed by atoms with Crippen LogP contribution in [0.25, 0.3) is 10.9 Å². The number of fused-ring (bicyclic) bond motifs is 1. The topological polar surface area (TPSA) is 109 Å². The van der Waals surface area contributed by atoms with Crippen molar-refractivity contribution in [3.63, 3.8) is 0 Å². The Kier molecular flexibility index (Phi) is 6.43. The molecule has 172 valence electrons. The lowest BCUT2D eigenvalue weighted by molar-refractivity contribution is -0.122. The third kappa shape index (κ3) is 4.60. The molecule has 1 saturated heterocycles. The Morgan fingerprint density at radius 2 is 1.94 bits per heavy atom. The van der Waals surface area contributed by atoms with Gasteiger partial charge in [0.05, 0.1) is 22.8 Å². The SMILES string of the molecule is NC(=O)n1cc(NC(=O)N2C[C@H](F)S[C@H]2C(=O)NCc2cccc(Cl)c2F)c2ccccc21. The molecule has 33 heavy (non-hydrogen) atoms. The summed E-state index contributed by atoms with van der Waals surface area (Å²) >= 11 is 6.41. The van der Waals surface area contributed by atoms with Gasteiger partial charge in [0.15, 0.2) is 10.9 Å². The van der Waals surface area contributed by atoms with Gasteiger partial charge in [0, 0.05) is 23.7 Å². The van der Waals surface area contributed by atoms with Gasteiger partial charge >= 0.3 is 12.1 Å². The number of rotatable bonds is 4. The van der Waals surface area contributed by atoms with Crippen molar-refractivity contribution in [2.75, 3.05) is 11.9 Å². The molecule has 1 aliphatic heterocycles. The molecule has 0 radical (unpaired) electrons. The normalized spacial score (nSPS) is 17.8. The minimum Gasteiger partial charge on any atom is -0.351 e. The summed E-state index contributed by atoms with van der Waals surface area (Å²) in [4.78, 5) is 38.4. The fourth-order valence-corrected chi connectivity index (χ4v) is 4.76. The number of benzene rings is 2. The predicted molar refractivity (Wildman–Crippen MR) is 122 cm³/mol. The number of halogens is 3. The van der Waals surface area contributed by atoms with Gasteiger partial charge in [0.25, 0.3) is 5.91 Å². The number of nitrogens with one attached hydrogen (secondary N) is 2. The van der Waals surface area contributed by atoms with Crippen LogP contribution in [-0.4, -0.2) is 44.9 Å². The first-order valence-corrected chi connectivity index (χ1v) is 11.1. The molecule has 0 bridgehead atoms. The molecule has 0 unspecified atom stereocenters. The number of hydrogen-bond acceptors (Lipinski definition) is 4. The number of nitrogens with two attached hydrogens (primary N) is 1. The van der Waals surface area contributed by atoms with Crippen LogP contribution in [0.3, 0.4) is 0 Å². The van der Waals surface area contributed by atoms with Crippen LogP contribution in [0.2, 0.25) is 5.02 Å². The maximum absolute atomic E-state index is 14.1. The fourth-order valence-electron chi connectivity index (χ4n) is 3.50. The zero-order valence-corrected chi connectivity index (χ0v) is 18.5. The van der Waals surface area contributed by atoms with E-state index in [2.05, 4.69) is 10.6 Å². The van der Waals surface area contributed by atoms with Crippen LogP contribution in [0, 0.1) is 5.82 Å². The van der Waals surface area contributed by atoms with Crippen molar-refractivity contribution < 1.29 is 23.2 Å². The van der Waals surface area contributed by atoms with Gasteiger partial charge in [-0.25, -0.2) is 18.4 Å². The second kappa shape index (κ2) is 9.28. The molecular weight excluding hydrogens is 476 g/mol. The number of primary amides is 1. The van der Waals surface area contributed by atoms with Crippen LogP contribution in [0.1, 0.15) is 5.56 Å². The molecule has 12 heteroatoms. The first kappa shape index (κ1) is 22.9. The molecule has 0 saturated carbocycles. The Labute approximate surface area is 196 Å². The van der Waals surface area contributed by atoms with Crippen LogP contribution < -0.4 is 16.4 Å². The average molecular weight is 494 g/mol.